The minimum absolute atomic E-state index is 0.110. The molecule has 0 fully saturated rings. The molecule has 2 N–H and O–H groups in total. The van der Waals surface area contributed by atoms with Crippen LogP contribution in [0, 0.1) is 0 Å². The van der Waals surface area contributed by atoms with Gasteiger partial charge in [-0.3, -0.25) is 9.97 Å². The molecule has 2 aromatic heterocycles. The molecule has 0 spiro atoms. The molecule has 0 aliphatic heterocycles. The molecule has 0 unspecified atom stereocenters. The van der Waals surface area contributed by atoms with E-state index in [-0.39, 0.29) is 6.10 Å². The van der Waals surface area contributed by atoms with Crippen molar-refractivity contribution < 1.29 is 4.74 Å². The average Bonchev–Trinajstić information content (AvgIpc) is 2.28. The monoisotopic (exact) mass is 230 g/mol. The van der Waals surface area contributed by atoms with Crippen molar-refractivity contribution in [3.05, 3.63) is 30.9 Å². The van der Waals surface area contributed by atoms with E-state index in [4.69, 9.17) is 10.5 Å². The number of nitrogens with two attached hydrogens (primary N) is 1. The Morgan fingerprint density at radius 3 is 2.59 bits per heavy atom. The second-order valence-electron chi connectivity index (χ2n) is 3.91. The molecule has 0 saturated heterocycles. The van der Waals surface area contributed by atoms with E-state index >= 15 is 0 Å². The van der Waals surface area contributed by atoms with Crippen LogP contribution in [0.25, 0.3) is 11.3 Å². The molecule has 2 aromatic rings. The van der Waals surface area contributed by atoms with Crippen LogP contribution in [-0.4, -0.2) is 21.1 Å². The van der Waals surface area contributed by atoms with Crippen LogP contribution in [0.3, 0.4) is 0 Å². The lowest BCUT2D eigenvalue weighted by Crippen LogP contribution is -2.05. The van der Waals surface area contributed by atoms with Crippen LogP contribution < -0.4 is 10.5 Å². The summed E-state index contributed by atoms with van der Waals surface area (Å²) in [7, 11) is 0. The third-order valence-corrected chi connectivity index (χ3v) is 2.03. The smallest absolute Gasteiger partial charge is 0.142 e. The van der Waals surface area contributed by atoms with E-state index in [1.54, 1.807) is 18.6 Å². The molecule has 0 radical (unpaired) electrons. The summed E-state index contributed by atoms with van der Waals surface area (Å²) >= 11 is 0. The van der Waals surface area contributed by atoms with Crippen molar-refractivity contribution in [3.8, 4) is 17.0 Å². The maximum absolute atomic E-state index is 5.59. The maximum atomic E-state index is 5.59. The highest BCUT2D eigenvalue weighted by Crippen LogP contribution is 2.21. The Balaban J connectivity index is 2.33. The van der Waals surface area contributed by atoms with E-state index in [1.807, 2.05) is 19.9 Å². The second kappa shape index (κ2) is 4.78. The summed E-state index contributed by atoms with van der Waals surface area (Å²) in [6.07, 6.45) is 6.64. The largest absolute Gasteiger partial charge is 0.489 e. The minimum Gasteiger partial charge on any atom is -0.489 e. The molecule has 5 nitrogen and oxygen atoms in total. The predicted molar refractivity (Wildman–Crippen MR) is 65.4 cm³/mol. The number of anilines is 1. The van der Waals surface area contributed by atoms with Crippen LogP contribution in [0.2, 0.25) is 0 Å². The first-order valence-corrected chi connectivity index (χ1v) is 5.35. The van der Waals surface area contributed by atoms with Crippen molar-refractivity contribution >= 4 is 5.82 Å². The van der Waals surface area contributed by atoms with Crippen molar-refractivity contribution in [3.63, 3.8) is 0 Å². The van der Waals surface area contributed by atoms with E-state index in [1.165, 1.54) is 6.20 Å². The summed E-state index contributed by atoms with van der Waals surface area (Å²) in [6.45, 7) is 3.93. The summed E-state index contributed by atoms with van der Waals surface area (Å²) in [6, 6.07) is 1.87. The van der Waals surface area contributed by atoms with E-state index in [2.05, 4.69) is 15.0 Å². The molecule has 0 bridgehead atoms. The van der Waals surface area contributed by atoms with Crippen molar-refractivity contribution in [1.29, 1.82) is 0 Å². The number of hydrogen-bond donors (Lipinski definition) is 1. The minimum atomic E-state index is 0.110. The van der Waals surface area contributed by atoms with Gasteiger partial charge in [0.25, 0.3) is 0 Å². The fourth-order valence-corrected chi connectivity index (χ4v) is 1.42. The highest BCUT2D eigenvalue weighted by atomic mass is 16.5. The summed E-state index contributed by atoms with van der Waals surface area (Å²) in [5.74, 6) is 1.10. The van der Waals surface area contributed by atoms with Crippen LogP contribution in [0.4, 0.5) is 5.82 Å². The van der Waals surface area contributed by atoms with Crippen LogP contribution in [0.5, 0.6) is 5.75 Å². The summed E-state index contributed by atoms with van der Waals surface area (Å²) in [5, 5.41) is 0. The number of pyridine rings is 1. The zero-order valence-corrected chi connectivity index (χ0v) is 9.79. The van der Waals surface area contributed by atoms with Gasteiger partial charge < -0.3 is 10.5 Å². The molecular weight excluding hydrogens is 216 g/mol. The van der Waals surface area contributed by atoms with Crippen LogP contribution in [-0.2, 0) is 0 Å². The number of aromatic nitrogens is 3. The molecule has 0 saturated carbocycles. The normalized spacial score (nSPS) is 10.5. The standard InChI is InChI=1S/C12H14N4O/c1-8(2)17-10-3-9(4-14-5-10)11-6-15-7-12(13)16-11/h3-8H,1-2H3,(H2,13,16). The molecule has 0 atom stereocenters. The lowest BCUT2D eigenvalue weighted by atomic mass is 10.2. The van der Waals surface area contributed by atoms with E-state index < -0.39 is 0 Å². The van der Waals surface area contributed by atoms with Crippen molar-refractivity contribution in [2.75, 3.05) is 5.73 Å². The summed E-state index contributed by atoms with van der Waals surface area (Å²) in [5.41, 5.74) is 7.11. The van der Waals surface area contributed by atoms with Gasteiger partial charge in [0.15, 0.2) is 0 Å². The Morgan fingerprint density at radius 1 is 1.12 bits per heavy atom. The highest BCUT2D eigenvalue weighted by Gasteiger charge is 2.04. The zero-order valence-electron chi connectivity index (χ0n) is 9.79. The first-order chi connectivity index (χ1) is 8.15. The Hall–Kier alpha value is -2.17. The van der Waals surface area contributed by atoms with Gasteiger partial charge in [-0.1, -0.05) is 0 Å². The molecular formula is C12H14N4O. The number of ether oxygens (including phenoxy) is 1. The van der Waals surface area contributed by atoms with Gasteiger partial charge in [-0.25, -0.2) is 4.98 Å². The number of nitrogens with zero attached hydrogens (tertiary/aromatic N) is 3. The van der Waals surface area contributed by atoms with Gasteiger partial charge in [0, 0.05) is 11.8 Å². The molecule has 0 amide bonds. The Kier molecular flexibility index (Phi) is 3.18. The van der Waals surface area contributed by atoms with Crippen molar-refractivity contribution in [1.82, 2.24) is 15.0 Å². The highest BCUT2D eigenvalue weighted by molar-refractivity contribution is 5.59. The molecule has 17 heavy (non-hydrogen) atoms. The second-order valence-corrected chi connectivity index (χ2v) is 3.91. The van der Waals surface area contributed by atoms with Crippen LogP contribution in [0.1, 0.15) is 13.8 Å². The third kappa shape index (κ3) is 2.90. The number of hydrogen-bond acceptors (Lipinski definition) is 5. The molecule has 88 valence electrons. The first kappa shape index (κ1) is 11.3. The Bertz CT molecular complexity index is 513. The van der Waals surface area contributed by atoms with E-state index in [0.29, 0.717) is 17.3 Å². The lowest BCUT2D eigenvalue weighted by molar-refractivity contribution is 0.241. The van der Waals surface area contributed by atoms with E-state index in [9.17, 15) is 0 Å². The molecule has 2 heterocycles. The number of nitrogen functional groups attached to an aromatic ring is 1. The van der Waals surface area contributed by atoms with Gasteiger partial charge in [-0.05, 0) is 19.9 Å². The van der Waals surface area contributed by atoms with Crippen molar-refractivity contribution in [2.24, 2.45) is 0 Å². The Morgan fingerprint density at radius 2 is 1.88 bits per heavy atom. The van der Waals surface area contributed by atoms with Gasteiger partial charge in [0.1, 0.15) is 11.6 Å². The van der Waals surface area contributed by atoms with Gasteiger partial charge in [-0.15, -0.1) is 0 Å². The fraction of sp³-hybridized carbons (Fsp3) is 0.250. The summed E-state index contributed by atoms with van der Waals surface area (Å²) < 4.78 is 5.56. The SMILES string of the molecule is CC(C)Oc1cncc(-c2cncc(N)n2)c1. The molecule has 5 heteroatoms. The maximum Gasteiger partial charge on any atom is 0.142 e. The van der Waals surface area contributed by atoms with Gasteiger partial charge in [-0.2, -0.15) is 0 Å². The first-order valence-electron chi connectivity index (χ1n) is 5.35. The van der Waals surface area contributed by atoms with Gasteiger partial charge in [0.2, 0.25) is 0 Å². The van der Waals surface area contributed by atoms with Gasteiger partial charge in [0.05, 0.1) is 30.4 Å². The van der Waals surface area contributed by atoms with Crippen molar-refractivity contribution in [2.45, 2.75) is 20.0 Å². The fourth-order valence-electron chi connectivity index (χ4n) is 1.42. The van der Waals surface area contributed by atoms with Crippen LogP contribution in [0.15, 0.2) is 30.9 Å². The Labute approximate surface area is 99.7 Å². The zero-order chi connectivity index (χ0) is 12.3. The lowest BCUT2D eigenvalue weighted by Gasteiger charge is -2.10. The quantitative estimate of drug-likeness (QED) is 0.871. The topological polar surface area (TPSA) is 73.9 Å². The molecule has 0 aliphatic carbocycles. The third-order valence-electron chi connectivity index (χ3n) is 2.03. The predicted octanol–water partition coefficient (Wildman–Crippen LogP) is 1.91. The number of rotatable bonds is 3. The molecule has 2 rings (SSSR count). The summed E-state index contributed by atoms with van der Waals surface area (Å²) in [4.78, 5) is 12.3. The van der Waals surface area contributed by atoms with Gasteiger partial charge >= 0.3 is 0 Å². The average molecular weight is 230 g/mol. The molecule has 0 aliphatic rings. The molecule has 0 aromatic carbocycles. The van der Waals surface area contributed by atoms with Crippen LogP contribution >= 0.6 is 0 Å². The van der Waals surface area contributed by atoms with E-state index in [0.717, 1.165) is 5.56 Å².